The number of hydrogen-bond acceptors (Lipinski definition) is 4. The van der Waals surface area contributed by atoms with E-state index in [1.54, 1.807) is 0 Å². The van der Waals surface area contributed by atoms with Crippen molar-refractivity contribution in [3.63, 3.8) is 0 Å². The first kappa shape index (κ1) is 13.2. The molecule has 2 heterocycles. The van der Waals surface area contributed by atoms with Crippen LogP contribution in [0.5, 0.6) is 0 Å². The summed E-state index contributed by atoms with van der Waals surface area (Å²) in [5.74, 6) is 0. The number of fused-ring (bicyclic) bond motifs is 1. The second-order valence-electron chi connectivity index (χ2n) is 5.53. The number of nitrogens with two attached hydrogens (primary N) is 1. The molecule has 5 heteroatoms. The number of ether oxygens (including phenoxy) is 1. The minimum absolute atomic E-state index is 0.750. The summed E-state index contributed by atoms with van der Waals surface area (Å²) in [6.45, 7) is 3.42. The Bertz CT molecular complexity index is 805. The maximum absolute atomic E-state index is 5.91. The second kappa shape index (κ2) is 5.35. The molecule has 0 bridgehead atoms. The molecule has 0 atom stereocenters. The Kier molecular flexibility index (Phi) is 3.20. The minimum atomic E-state index is 0.750. The molecule has 1 aromatic heterocycles. The van der Waals surface area contributed by atoms with Gasteiger partial charge in [0.1, 0.15) is 5.69 Å². The zero-order chi connectivity index (χ0) is 14.9. The molecule has 0 amide bonds. The van der Waals surface area contributed by atoms with Crippen molar-refractivity contribution in [3.8, 4) is 11.3 Å². The molecule has 3 aromatic rings. The van der Waals surface area contributed by atoms with Crippen LogP contribution in [-0.2, 0) is 4.74 Å². The third kappa shape index (κ3) is 2.29. The Labute approximate surface area is 128 Å². The van der Waals surface area contributed by atoms with E-state index in [9.17, 15) is 0 Å². The van der Waals surface area contributed by atoms with Crippen LogP contribution in [0.3, 0.4) is 0 Å². The van der Waals surface area contributed by atoms with Gasteiger partial charge >= 0.3 is 0 Å². The Hall–Kier alpha value is -2.53. The molecule has 22 heavy (non-hydrogen) atoms. The second-order valence-corrected chi connectivity index (χ2v) is 5.53. The van der Waals surface area contributed by atoms with E-state index in [-0.39, 0.29) is 0 Å². The summed E-state index contributed by atoms with van der Waals surface area (Å²) in [5, 5.41) is 8.60. The maximum Gasteiger partial charge on any atom is 0.100 e. The zero-order valence-corrected chi connectivity index (χ0v) is 12.2. The van der Waals surface area contributed by atoms with Crippen LogP contribution >= 0.6 is 0 Å². The number of nitrogens with zero attached hydrogens (tertiary/aromatic N) is 2. The first-order valence-electron chi connectivity index (χ1n) is 7.48. The summed E-state index contributed by atoms with van der Waals surface area (Å²) < 4.78 is 5.42. The average molecular weight is 294 g/mol. The van der Waals surface area contributed by atoms with Crippen molar-refractivity contribution < 1.29 is 4.74 Å². The Morgan fingerprint density at radius 2 is 1.95 bits per heavy atom. The molecule has 1 saturated heterocycles. The SMILES string of the molecule is Nc1ccc2[nH]nc(-c3cccc(N4CCOCC4)c3)c2c1. The minimum Gasteiger partial charge on any atom is -0.399 e. The van der Waals surface area contributed by atoms with Crippen LogP contribution in [0.1, 0.15) is 0 Å². The van der Waals surface area contributed by atoms with Crippen molar-refractivity contribution in [1.29, 1.82) is 0 Å². The molecule has 0 radical (unpaired) electrons. The van der Waals surface area contributed by atoms with Gasteiger partial charge in [0.25, 0.3) is 0 Å². The zero-order valence-electron chi connectivity index (χ0n) is 12.2. The van der Waals surface area contributed by atoms with Gasteiger partial charge in [0.05, 0.1) is 18.7 Å². The highest BCUT2D eigenvalue weighted by molar-refractivity contribution is 5.95. The third-order valence-electron chi connectivity index (χ3n) is 4.08. The molecular formula is C17H18N4O. The fraction of sp³-hybridized carbons (Fsp3) is 0.235. The van der Waals surface area contributed by atoms with Crippen molar-refractivity contribution in [2.75, 3.05) is 36.9 Å². The molecule has 0 aliphatic carbocycles. The lowest BCUT2D eigenvalue weighted by Crippen LogP contribution is -2.36. The highest BCUT2D eigenvalue weighted by Gasteiger charge is 2.13. The summed E-state index contributed by atoms with van der Waals surface area (Å²) in [6, 6.07) is 14.3. The quantitative estimate of drug-likeness (QED) is 0.713. The Balaban J connectivity index is 1.76. The van der Waals surface area contributed by atoms with Gasteiger partial charge in [-0.15, -0.1) is 0 Å². The van der Waals surface area contributed by atoms with Crippen molar-refractivity contribution >= 4 is 22.3 Å². The molecular weight excluding hydrogens is 276 g/mol. The van der Waals surface area contributed by atoms with Crippen LogP contribution in [0.4, 0.5) is 11.4 Å². The molecule has 0 unspecified atom stereocenters. The van der Waals surface area contributed by atoms with E-state index < -0.39 is 0 Å². The molecule has 1 aliphatic heterocycles. The van der Waals surface area contributed by atoms with Crippen LogP contribution < -0.4 is 10.6 Å². The molecule has 1 fully saturated rings. The average Bonchev–Trinajstić information content (AvgIpc) is 2.99. The molecule has 0 saturated carbocycles. The molecule has 0 spiro atoms. The molecule has 1 aliphatic rings. The maximum atomic E-state index is 5.91. The summed E-state index contributed by atoms with van der Waals surface area (Å²) in [5.41, 5.74) is 10.9. The lowest BCUT2D eigenvalue weighted by molar-refractivity contribution is 0.122. The van der Waals surface area contributed by atoms with E-state index >= 15 is 0 Å². The lowest BCUT2D eigenvalue weighted by Gasteiger charge is -2.29. The number of aromatic amines is 1. The van der Waals surface area contributed by atoms with E-state index in [0.717, 1.165) is 54.2 Å². The third-order valence-corrected chi connectivity index (χ3v) is 4.08. The van der Waals surface area contributed by atoms with E-state index in [4.69, 9.17) is 10.5 Å². The summed E-state index contributed by atoms with van der Waals surface area (Å²) >= 11 is 0. The van der Waals surface area contributed by atoms with Gasteiger partial charge in [0.15, 0.2) is 0 Å². The summed E-state index contributed by atoms with van der Waals surface area (Å²) in [4.78, 5) is 2.34. The number of H-pyrrole nitrogens is 1. The first-order valence-corrected chi connectivity index (χ1v) is 7.48. The number of aromatic nitrogens is 2. The van der Waals surface area contributed by atoms with Gasteiger partial charge < -0.3 is 15.4 Å². The summed E-state index contributed by atoms with van der Waals surface area (Å²) in [7, 11) is 0. The predicted octanol–water partition coefficient (Wildman–Crippen LogP) is 2.65. The lowest BCUT2D eigenvalue weighted by atomic mass is 10.1. The summed E-state index contributed by atoms with van der Waals surface area (Å²) in [6.07, 6.45) is 0. The number of nitrogens with one attached hydrogen (secondary N) is 1. The number of benzene rings is 2. The van der Waals surface area contributed by atoms with Crippen LogP contribution in [0.2, 0.25) is 0 Å². The fourth-order valence-corrected chi connectivity index (χ4v) is 2.92. The van der Waals surface area contributed by atoms with Crippen LogP contribution in [-0.4, -0.2) is 36.5 Å². The number of anilines is 2. The molecule has 5 nitrogen and oxygen atoms in total. The van der Waals surface area contributed by atoms with Crippen LogP contribution in [0.15, 0.2) is 42.5 Å². The van der Waals surface area contributed by atoms with Crippen molar-refractivity contribution in [2.45, 2.75) is 0 Å². The first-order chi connectivity index (χ1) is 10.8. The normalized spacial score (nSPS) is 15.4. The standard InChI is InChI=1S/C17H18N4O/c18-13-4-5-16-15(11-13)17(20-19-16)12-2-1-3-14(10-12)21-6-8-22-9-7-21/h1-5,10-11H,6-9,18H2,(H,19,20). The Morgan fingerprint density at radius 3 is 2.82 bits per heavy atom. The molecule has 3 N–H and O–H groups in total. The topological polar surface area (TPSA) is 67.2 Å². The number of rotatable bonds is 2. The Morgan fingerprint density at radius 1 is 1.09 bits per heavy atom. The van der Waals surface area contributed by atoms with Gasteiger partial charge in [0, 0.05) is 35.4 Å². The number of nitrogen functional groups attached to an aromatic ring is 1. The van der Waals surface area contributed by atoms with E-state index in [1.165, 1.54) is 5.69 Å². The molecule has 112 valence electrons. The fourth-order valence-electron chi connectivity index (χ4n) is 2.92. The number of hydrogen-bond donors (Lipinski definition) is 2. The van der Waals surface area contributed by atoms with Crippen molar-refractivity contribution in [3.05, 3.63) is 42.5 Å². The van der Waals surface area contributed by atoms with Crippen molar-refractivity contribution in [2.24, 2.45) is 0 Å². The van der Waals surface area contributed by atoms with Gasteiger partial charge in [0.2, 0.25) is 0 Å². The smallest absolute Gasteiger partial charge is 0.100 e. The van der Waals surface area contributed by atoms with Gasteiger partial charge in [-0.2, -0.15) is 5.10 Å². The predicted molar refractivity (Wildman–Crippen MR) is 89.0 cm³/mol. The van der Waals surface area contributed by atoms with E-state index in [1.807, 2.05) is 18.2 Å². The van der Waals surface area contributed by atoms with Crippen LogP contribution in [0.25, 0.3) is 22.2 Å². The highest BCUT2D eigenvalue weighted by Crippen LogP contribution is 2.30. The largest absolute Gasteiger partial charge is 0.399 e. The van der Waals surface area contributed by atoms with E-state index in [2.05, 4.69) is 39.4 Å². The van der Waals surface area contributed by atoms with E-state index in [0.29, 0.717) is 0 Å². The molecule has 2 aromatic carbocycles. The van der Waals surface area contributed by atoms with Gasteiger partial charge in [-0.25, -0.2) is 0 Å². The monoisotopic (exact) mass is 294 g/mol. The van der Waals surface area contributed by atoms with Gasteiger partial charge in [-0.3, -0.25) is 5.10 Å². The highest BCUT2D eigenvalue weighted by atomic mass is 16.5. The van der Waals surface area contributed by atoms with Crippen molar-refractivity contribution in [1.82, 2.24) is 10.2 Å². The number of morpholine rings is 1. The molecule has 4 rings (SSSR count). The van der Waals surface area contributed by atoms with Crippen LogP contribution in [0, 0.1) is 0 Å². The van der Waals surface area contributed by atoms with Gasteiger partial charge in [-0.05, 0) is 30.3 Å². The van der Waals surface area contributed by atoms with Gasteiger partial charge in [-0.1, -0.05) is 12.1 Å².